The number of halogens is 2. The molecule has 5 nitrogen and oxygen atoms in total. The number of amides is 1. The highest BCUT2D eigenvalue weighted by Gasteiger charge is 2.23. The normalized spacial score (nSPS) is 11.8. The van der Waals surface area contributed by atoms with Crippen LogP contribution in [-0.4, -0.2) is 16.1 Å². The minimum atomic E-state index is -0.761. The van der Waals surface area contributed by atoms with Gasteiger partial charge in [-0.25, -0.2) is 8.78 Å². The second-order valence-electron chi connectivity index (χ2n) is 6.67. The molecule has 0 spiro atoms. The van der Waals surface area contributed by atoms with Crippen molar-refractivity contribution in [1.29, 1.82) is 0 Å². The Bertz CT molecular complexity index is 1130. The molecule has 1 N–H and O–H groups in total. The Hall–Kier alpha value is -3.87. The summed E-state index contributed by atoms with van der Waals surface area (Å²) in [6.45, 7) is 0. The first-order valence-electron chi connectivity index (χ1n) is 9.26. The number of nitrogens with zero attached hydrogens (tertiary/aromatic N) is 2. The zero-order valence-electron chi connectivity index (χ0n) is 15.8. The van der Waals surface area contributed by atoms with Gasteiger partial charge in [-0.2, -0.15) is 0 Å². The van der Waals surface area contributed by atoms with Crippen LogP contribution in [0, 0.1) is 11.6 Å². The van der Waals surface area contributed by atoms with Gasteiger partial charge >= 0.3 is 0 Å². The zero-order valence-corrected chi connectivity index (χ0v) is 15.8. The van der Waals surface area contributed by atoms with Crippen molar-refractivity contribution in [2.75, 3.05) is 0 Å². The summed E-state index contributed by atoms with van der Waals surface area (Å²) < 4.78 is 32.3. The van der Waals surface area contributed by atoms with Crippen LogP contribution in [0.2, 0.25) is 0 Å². The van der Waals surface area contributed by atoms with Gasteiger partial charge in [0.05, 0.1) is 6.42 Å². The molecule has 0 bridgehead atoms. The van der Waals surface area contributed by atoms with Gasteiger partial charge in [-0.05, 0) is 47.5 Å². The van der Waals surface area contributed by atoms with Gasteiger partial charge in [0.1, 0.15) is 17.7 Å². The summed E-state index contributed by atoms with van der Waals surface area (Å²) in [5, 5.41) is 11.0. The molecule has 4 aromatic rings. The van der Waals surface area contributed by atoms with Gasteiger partial charge in [-0.3, -0.25) is 4.79 Å². The highest BCUT2D eigenvalue weighted by atomic mass is 19.1. The molecule has 30 heavy (non-hydrogen) atoms. The third kappa shape index (κ3) is 4.57. The molecule has 1 aromatic heterocycles. The summed E-state index contributed by atoms with van der Waals surface area (Å²) in [7, 11) is 0. The smallest absolute Gasteiger partial charge is 0.247 e. The van der Waals surface area contributed by atoms with Gasteiger partial charge in [0.15, 0.2) is 0 Å². The van der Waals surface area contributed by atoms with E-state index in [0.717, 1.165) is 5.56 Å². The number of nitrogens with one attached hydrogen (secondary N) is 1. The molecule has 0 aliphatic rings. The largest absolute Gasteiger partial charge is 0.418 e. The molecule has 0 radical (unpaired) electrons. The fraction of sp³-hybridized carbons (Fsp3) is 0.0870. The lowest BCUT2D eigenvalue weighted by molar-refractivity contribution is -0.121. The van der Waals surface area contributed by atoms with E-state index in [1.54, 1.807) is 24.3 Å². The van der Waals surface area contributed by atoms with E-state index in [1.165, 1.54) is 24.3 Å². The summed E-state index contributed by atoms with van der Waals surface area (Å²) in [6.07, 6.45) is 0.0393. The van der Waals surface area contributed by atoms with Gasteiger partial charge in [0, 0.05) is 5.56 Å². The Morgan fingerprint density at radius 3 is 2.17 bits per heavy atom. The van der Waals surface area contributed by atoms with Crippen LogP contribution in [0.15, 0.2) is 83.3 Å². The number of rotatable bonds is 6. The van der Waals surface area contributed by atoms with Crippen molar-refractivity contribution in [2.24, 2.45) is 0 Å². The maximum absolute atomic E-state index is 13.4. The molecule has 1 amide bonds. The third-order valence-electron chi connectivity index (χ3n) is 4.49. The van der Waals surface area contributed by atoms with Gasteiger partial charge in [0.25, 0.3) is 0 Å². The van der Waals surface area contributed by atoms with E-state index in [9.17, 15) is 13.6 Å². The minimum Gasteiger partial charge on any atom is -0.418 e. The molecule has 3 aromatic carbocycles. The van der Waals surface area contributed by atoms with E-state index in [4.69, 9.17) is 4.42 Å². The predicted molar refractivity (Wildman–Crippen MR) is 106 cm³/mol. The molecule has 4 rings (SSSR count). The summed E-state index contributed by atoms with van der Waals surface area (Å²) in [6, 6.07) is 19.8. The molecule has 1 heterocycles. The lowest BCUT2D eigenvalue weighted by Crippen LogP contribution is -2.30. The summed E-state index contributed by atoms with van der Waals surface area (Å²) in [4.78, 5) is 12.6. The highest BCUT2D eigenvalue weighted by molar-refractivity contribution is 5.79. The van der Waals surface area contributed by atoms with E-state index in [2.05, 4.69) is 15.5 Å². The van der Waals surface area contributed by atoms with Crippen molar-refractivity contribution in [3.05, 3.63) is 108 Å². The van der Waals surface area contributed by atoms with E-state index in [0.29, 0.717) is 17.0 Å². The Morgan fingerprint density at radius 1 is 0.867 bits per heavy atom. The first kappa shape index (κ1) is 19.4. The van der Waals surface area contributed by atoms with Gasteiger partial charge in [0.2, 0.25) is 17.7 Å². The first-order chi connectivity index (χ1) is 14.6. The second kappa shape index (κ2) is 8.65. The fourth-order valence-corrected chi connectivity index (χ4v) is 2.99. The molecule has 0 aliphatic heterocycles. The molecule has 0 saturated carbocycles. The number of benzene rings is 3. The SMILES string of the molecule is O=C(Cc1ccc(F)cc1)N[C@H](c1ccc(F)cc1)c1nnc(-c2ccccc2)o1. The molecule has 1 atom stereocenters. The fourth-order valence-electron chi connectivity index (χ4n) is 2.99. The quantitative estimate of drug-likeness (QED) is 0.514. The summed E-state index contributed by atoms with van der Waals surface area (Å²) in [5.41, 5.74) is 1.99. The van der Waals surface area contributed by atoms with Gasteiger partial charge in [-0.1, -0.05) is 42.5 Å². The van der Waals surface area contributed by atoms with Gasteiger partial charge < -0.3 is 9.73 Å². The number of carbonyl (C=O) groups is 1. The maximum atomic E-state index is 13.4. The molecular weight excluding hydrogens is 388 g/mol. The van der Waals surface area contributed by atoms with Crippen molar-refractivity contribution >= 4 is 5.91 Å². The molecular formula is C23H17F2N3O2. The van der Waals surface area contributed by atoms with E-state index in [1.807, 2.05) is 30.3 Å². The number of aromatic nitrogens is 2. The number of carbonyl (C=O) groups excluding carboxylic acids is 1. The molecule has 0 aliphatic carbocycles. The monoisotopic (exact) mass is 405 g/mol. The molecule has 0 saturated heterocycles. The minimum absolute atomic E-state index is 0.0393. The van der Waals surface area contributed by atoms with Crippen molar-refractivity contribution < 1.29 is 18.0 Å². The third-order valence-corrected chi connectivity index (χ3v) is 4.49. The van der Waals surface area contributed by atoms with E-state index >= 15 is 0 Å². The van der Waals surface area contributed by atoms with Crippen LogP contribution < -0.4 is 5.32 Å². The standard InChI is InChI=1S/C23H17F2N3O2/c24-18-10-6-15(7-11-18)14-20(29)26-21(16-8-12-19(25)13-9-16)23-28-27-22(30-23)17-4-2-1-3-5-17/h1-13,21H,14H2,(H,26,29)/t21-/m1/s1. The molecule has 0 fully saturated rings. The van der Waals surface area contributed by atoms with Crippen molar-refractivity contribution in [3.8, 4) is 11.5 Å². The van der Waals surface area contributed by atoms with Crippen LogP contribution >= 0.6 is 0 Å². The Labute approximate surface area is 171 Å². The Kier molecular flexibility index (Phi) is 5.61. The lowest BCUT2D eigenvalue weighted by Gasteiger charge is -2.16. The Morgan fingerprint density at radius 2 is 1.50 bits per heavy atom. The van der Waals surface area contributed by atoms with Crippen LogP contribution in [-0.2, 0) is 11.2 Å². The number of hydrogen-bond donors (Lipinski definition) is 1. The summed E-state index contributed by atoms with van der Waals surface area (Å²) >= 11 is 0. The van der Waals surface area contributed by atoms with Crippen molar-refractivity contribution in [1.82, 2.24) is 15.5 Å². The van der Waals surface area contributed by atoms with E-state index in [-0.39, 0.29) is 24.0 Å². The molecule has 0 unspecified atom stereocenters. The van der Waals surface area contributed by atoms with E-state index < -0.39 is 11.9 Å². The maximum Gasteiger partial charge on any atom is 0.247 e. The molecule has 7 heteroatoms. The average Bonchev–Trinajstić information content (AvgIpc) is 3.25. The van der Waals surface area contributed by atoms with Gasteiger partial charge in [-0.15, -0.1) is 10.2 Å². The first-order valence-corrected chi connectivity index (χ1v) is 9.26. The zero-order chi connectivity index (χ0) is 20.9. The van der Waals surface area contributed by atoms with Crippen molar-refractivity contribution in [3.63, 3.8) is 0 Å². The van der Waals surface area contributed by atoms with Crippen LogP contribution in [0.4, 0.5) is 8.78 Å². The lowest BCUT2D eigenvalue weighted by atomic mass is 10.1. The van der Waals surface area contributed by atoms with Crippen LogP contribution in [0.1, 0.15) is 23.1 Å². The predicted octanol–water partition coefficient (Wildman–Crippen LogP) is 4.46. The van der Waals surface area contributed by atoms with Crippen LogP contribution in [0.3, 0.4) is 0 Å². The summed E-state index contributed by atoms with van der Waals surface area (Å²) in [5.74, 6) is -0.609. The van der Waals surface area contributed by atoms with Crippen molar-refractivity contribution in [2.45, 2.75) is 12.5 Å². The van der Waals surface area contributed by atoms with Crippen LogP contribution in [0.25, 0.3) is 11.5 Å². The Balaban J connectivity index is 1.60. The average molecular weight is 405 g/mol. The molecule has 150 valence electrons. The highest BCUT2D eigenvalue weighted by Crippen LogP contribution is 2.25. The van der Waals surface area contributed by atoms with Crippen LogP contribution in [0.5, 0.6) is 0 Å². The topological polar surface area (TPSA) is 68.0 Å². The second-order valence-corrected chi connectivity index (χ2v) is 6.67. The number of hydrogen-bond acceptors (Lipinski definition) is 4.